The minimum atomic E-state index is -4.70. The van der Waals surface area contributed by atoms with Crippen LogP contribution in [0.2, 0.25) is 0 Å². The molecule has 0 spiro atoms. The second-order valence-electron chi connectivity index (χ2n) is 0.774. The summed E-state index contributed by atoms with van der Waals surface area (Å²) in [4.78, 5) is 9.43. The standard InChI is InChI=1S/CH2ClNO5/c3-1(4)8-2(5,6)7/h(H2,3,4). The van der Waals surface area contributed by atoms with Gasteiger partial charge in [0.05, 0.1) is 0 Å². The van der Waals surface area contributed by atoms with Gasteiger partial charge in [-0.25, -0.2) is 4.79 Å². The van der Waals surface area contributed by atoms with Gasteiger partial charge >= 0.3 is 6.09 Å². The Kier molecular flexibility index (Phi) is 1.99. The van der Waals surface area contributed by atoms with Crippen molar-refractivity contribution >= 4 is 6.09 Å². The number of hydrogen-bond acceptors (Lipinski definition) is 5. The molecule has 0 rings (SSSR count). The van der Waals surface area contributed by atoms with Crippen LogP contribution in [0.25, 0.3) is 0 Å². The zero-order chi connectivity index (χ0) is 6.78. The molecule has 0 unspecified atom stereocenters. The van der Waals surface area contributed by atoms with Crippen LogP contribution >= 0.6 is 0 Å². The fraction of sp³-hybridized carbons (Fsp3) is 0. The van der Waals surface area contributed by atoms with Crippen molar-refractivity contribution in [2.45, 2.75) is 0 Å². The zero-order valence-corrected chi connectivity index (χ0v) is 4.25. The lowest BCUT2D eigenvalue weighted by Crippen LogP contribution is -2.62. The van der Waals surface area contributed by atoms with Gasteiger partial charge in [0.1, 0.15) is 10.2 Å². The van der Waals surface area contributed by atoms with Crippen molar-refractivity contribution in [3.05, 3.63) is 0 Å². The lowest BCUT2D eigenvalue weighted by atomic mass is 11.3. The highest BCUT2D eigenvalue weighted by atomic mass is 35.7. The van der Waals surface area contributed by atoms with Crippen LogP contribution in [0.4, 0.5) is 4.79 Å². The third-order valence-electron chi connectivity index (χ3n) is 0.171. The van der Waals surface area contributed by atoms with Gasteiger partial charge in [-0.3, -0.25) is 0 Å². The van der Waals surface area contributed by atoms with Crippen LogP contribution in [0, 0.1) is 10.2 Å². The first kappa shape index (κ1) is 7.44. The lowest BCUT2D eigenvalue weighted by molar-refractivity contribution is -1.92. The molecule has 0 aromatic rings. The Labute approximate surface area is 46.2 Å². The minimum Gasteiger partial charge on any atom is -0.322 e. The second kappa shape index (κ2) is 2.14. The first-order valence-electron chi connectivity index (χ1n) is 1.31. The summed E-state index contributed by atoms with van der Waals surface area (Å²) in [6.45, 7) is 0. The molecule has 0 heterocycles. The summed E-state index contributed by atoms with van der Waals surface area (Å²) < 4.78 is 31.0. The van der Waals surface area contributed by atoms with E-state index in [9.17, 15) is 18.8 Å². The van der Waals surface area contributed by atoms with E-state index in [1.807, 2.05) is 0 Å². The normalized spacial score (nSPS) is 10.9. The van der Waals surface area contributed by atoms with Crippen molar-refractivity contribution < 1.29 is 33.3 Å². The van der Waals surface area contributed by atoms with E-state index < -0.39 is 16.3 Å². The molecule has 0 saturated heterocycles. The summed E-state index contributed by atoms with van der Waals surface area (Å²) in [6.07, 6.45) is -1.64. The van der Waals surface area contributed by atoms with E-state index in [1.165, 1.54) is 0 Å². The van der Waals surface area contributed by atoms with Crippen LogP contribution in [0.15, 0.2) is 0 Å². The minimum absolute atomic E-state index is 1.64. The molecule has 48 valence electrons. The third kappa shape index (κ3) is 5.44. The Balaban J connectivity index is 3.55. The van der Waals surface area contributed by atoms with Crippen molar-refractivity contribution in [1.29, 1.82) is 0 Å². The number of hydrogen-bond donors (Lipinski definition) is 1. The Morgan fingerprint density at radius 3 is 1.88 bits per heavy atom. The number of primary amides is 1. The van der Waals surface area contributed by atoms with Crippen molar-refractivity contribution in [2.75, 3.05) is 0 Å². The van der Waals surface area contributed by atoms with E-state index in [4.69, 9.17) is 0 Å². The fourth-order valence-corrected chi connectivity index (χ4v) is 0.279. The highest BCUT2D eigenvalue weighted by Crippen LogP contribution is 1.84. The molecule has 8 heavy (non-hydrogen) atoms. The zero-order valence-electron chi connectivity index (χ0n) is 3.50. The van der Waals surface area contributed by atoms with Gasteiger partial charge in [-0.15, -0.1) is 0 Å². The van der Waals surface area contributed by atoms with Gasteiger partial charge in [0.25, 0.3) is 0 Å². The monoisotopic (exact) mass is 143 g/mol. The molecule has 0 fully saturated rings. The molecule has 0 radical (unpaired) electrons. The number of amides is 1. The van der Waals surface area contributed by atoms with E-state index >= 15 is 0 Å². The van der Waals surface area contributed by atoms with Gasteiger partial charge in [0, 0.05) is 0 Å². The number of halogens is 1. The van der Waals surface area contributed by atoms with Gasteiger partial charge in [0.15, 0.2) is 0 Å². The number of nitrogens with two attached hydrogens (primary N) is 1. The van der Waals surface area contributed by atoms with Crippen LogP contribution in [0.5, 0.6) is 0 Å². The highest BCUT2D eigenvalue weighted by molar-refractivity contribution is 5.63. The largest absolute Gasteiger partial charge is 0.558 e. The predicted molar refractivity (Wildman–Crippen MR) is 10.7 cm³/mol. The van der Waals surface area contributed by atoms with Crippen LogP contribution in [0.3, 0.4) is 0 Å². The van der Waals surface area contributed by atoms with Crippen LogP contribution in [-0.2, 0) is 4.29 Å². The first-order valence-corrected chi connectivity index (χ1v) is 2.55. The van der Waals surface area contributed by atoms with Crippen molar-refractivity contribution in [3.63, 3.8) is 0 Å². The average Bonchev–Trinajstić information content (AvgIpc) is 1.21. The first-order chi connectivity index (χ1) is 3.42. The Morgan fingerprint density at radius 2 is 1.88 bits per heavy atom. The van der Waals surface area contributed by atoms with Gasteiger partial charge in [-0.2, -0.15) is 14.0 Å². The van der Waals surface area contributed by atoms with E-state index in [-0.39, 0.29) is 0 Å². The molecule has 0 aromatic heterocycles. The van der Waals surface area contributed by atoms with E-state index in [1.54, 1.807) is 0 Å². The van der Waals surface area contributed by atoms with Gasteiger partial charge in [0.2, 0.25) is 0 Å². The number of carbonyl (C=O) groups is 1. The molecule has 0 aromatic carbocycles. The lowest BCUT2D eigenvalue weighted by Gasteiger charge is -2.08. The van der Waals surface area contributed by atoms with Crippen LogP contribution in [-0.4, -0.2) is 6.09 Å². The second-order valence-corrected chi connectivity index (χ2v) is 1.68. The average molecular weight is 143 g/mol. The SMILES string of the molecule is NC(=O)O[Cl+3]([O-])([O-])[O-]. The molecule has 0 aliphatic heterocycles. The van der Waals surface area contributed by atoms with Gasteiger partial charge in [-0.05, 0) is 4.29 Å². The molecule has 0 aliphatic carbocycles. The summed E-state index contributed by atoms with van der Waals surface area (Å²) >= 11 is 0. The van der Waals surface area contributed by atoms with Crippen molar-refractivity contribution in [1.82, 2.24) is 0 Å². The summed E-state index contributed by atoms with van der Waals surface area (Å²) in [5, 5.41) is 0. The van der Waals surface area contributed by atoms with Crippen LogP contribution < -0.4 is 19.7 Å². The molecular formula is CH2ClNO5. The van der Waals surface area contributed by atoms with Crippen LogP contribution in [0.1, 0.15) is 0 Å². The topological polar surface area (TPSA) is 122 Å². The molecule has 0 saturated carbocycles. The molecule has 0 aliphatic rings. The highest BCUT2D eigenvalue weighted by Gasteiger charge is 2.21. The van der Waals surface area contributed by atoms with E-state index in [0.717, 1.165) is 0 Å². The summed E-state index contributed by atoms with van der Waals surface area (Å²) in [6, 6.07) is 0. The Bertz CT molecular complexity index is 95.1. The molecule has 0 atom stereocenters. The summed E-state index contributed by atoms with van der Waals surface area (Å²) in [5.74, 6) is 0. The van der Waals surface area contributed by atoms with Crippen molar-refractivity contribution in [2.24, 2.45) is 5.73 Å². The number of carbonyl (C=O) groups excluding carboxylic acids is 1. The summed E-state index contributed by atoms with van der Waals surface area (Å²) in [5.41, 5.74) is 4.13. The predicted octanol–water partition coefficient (Wildman–Crippen LogP) is -4.02. The molecule has 7 heteroatoms. The maximum atomic E-state index is 9.43. The molecular weight excluding hydrogens is 141 g/mol. The van der Waals surface area contributed by atoms with Gasteiger partial charge < -0.3 is 5.73 Å². The van der Waals surface area contributed by atoms with Gasteiger partial charge in [-0.1, -0.05) is 0 Å². The quantitative estimate of drug-likeness (QED) is 0.401. The Morgan fingerprint density at radius 1 is 1.50 bits per heavy atom. The number of rotatable bonds is 1. The maximum Gasteiger partial charge on any atom is 0.558 e. The fourth-order valence-electron chi connectivity index (χ4n) is 0.0931. The van der Waals surface area contributed by atoms with E-state index in [2.05, 4.69) is 10.0 Å². The smallest absolute Gasteiger partial charge is 0.322 e. The Hall–Kier alpha value is -0.560. The molecule has 2 N–H and O–H groups in total. The molecule has 0 bridgehead atoms. The summed E-state index contributed by atoms with van der Waals surface area (Å²) in [7, 11) is -4.70. The molecule has 1 amide bonds. The van der Waals surface area contributed by atoms with Crippen molar-refractivity contribution in [3.8, 4) is 0 Å². The maximum absolute atomic E-state index is 9.43. The van der Waals surface area contributed by atoms with E-state index in [0.29, 0.717) is 0 Å². The molecule has 6 nitrogen and oxygen atoms in total. The third-order valence-corrected chi connectivity index (χ3v) is 0.512.